The van der Waals surface area contributed by atoms with Crippen molar-refractivity contribution in [1.82, 2.24) is 10.6 Å². The lowest BCUT2D eigenvalue weighted by atomic mass is 9.82. The van der Waals surface area contributed by atoms with Crippen LogP contribution in [0.3, 0.4) is 0 Å². The van der Waals surface area contributed by atoms with E-state index in [9.17, 15) is 23.5 Å². The van der Waals surface area contributed by atoms with Gasteiger partial charge < -0.3 is 15.7 Å². The van der Waals surface area contributed by atoms with Crippen molar-refractivity contribution in [3.05, 3.63) is 70.3 Å². The van der Waals surface area contributed by atoms with Crippen LogP contribution in [0.25, 0.3) is 0 Å². The van der Waals surface area contributed by atoms with Gasteiger partial charge in [0.05, 0.1) is 12.1 Å². The molecule has 3 atom stereocenters. The molecule has 7 heteroatoms. The third kappa shape index (κ3) is 7.18. The Morgan fingerprint density at radius 1 is 1.12 bits per heavy atom. The van der Waals surface area contributed by atoms with Gasteiger partial charge in [-0.15, -0.1) is 0 Å². The molecule has 34 heavy (non-hydrogen) atoms. The maximum Gasteiger partial charge on any atom is 0.217 e. The lowest BCUT2D eigenvalue weighted by molar-refractivity contribution is -0.120. The fourth-order valence-corrected chi connectivity index (χ4v) is 4.59. The Hall–Kier alpha value is -2.64. The van der Waals surface area contributed by atoms with Gasteiger partial charge in [0.25, 0.3) is 0 Å². The number of amides is 1. The Morgan fingerprint density at radius 2 is 1.79 bits per heavy atom. The lowest BCUT2D eigenvalue weighted by Gasteiger charge is -2.30. The molecule has 3 rings (SSSR count). The molecule has 1 aliphatic carbocycles. The first kappa shape index (κ1) is 26.0. The highest BCUT2D eigenvalue weighted by atomic mass is 19.1. The number of ketones is 1. The first-order valence-electron chi connectivity index (χ1n) is 11.7. The van der Waals surface area contributed by atoms with Crippen molar-refractivity contribution in [3.63, 3.8) is 0 Å². The van der Waals surface area contributed by atoms with Crippen molar-refractivity contribution in [2.75, 3.05) is 6.54 Å². The zero-order valence-corrected chi connectivity index (χ0v) is 20.3. The molecule has 0 radical (unpaired) electrons. The van der Waals surface area contributed by atoms with Crippen molar-refractivity contribution in [2.45, 2.75) is 71.6 Å². The monoisotopic (exact) mass is 472 g/mol. The quantitative estimate of drug-likeness (QED) is 0.536. The molecule has 3 N–H and O–H groups in total. The molecule has 0 heterocycles. The largest absolute Gasteiger partial charge is 0.390 e. The molecule has 0 spiro atoms. The first-order valence-corrected chi connectivity index (χ1v) is 11.7. The summed E-state index contributed by atoms with van der Waals surface area (Å²) in [6, 6.07) is 8.28. The summed E-state index contributed by atoms with van der Waals surface area (Å²) in [7, 11) is 0. The fourth-order valence-electron chi connectivity index (χ4n) is 4.59. The molecule has 0 fully saturated rings. The Balaban J connectivity index is 1.74. The van der Waals surface area contributed by atoms with Crippen LogP contribution in [-0.2, 0) is 17.6 Å². The molecule has 2 aromatic rings. The second kappa shape index (κ2) is 10.7. The van der Waals surface area contributed by atoms with Gasteiger partial charge in [0.15, 0.2) is 5.78 Å². The molecule has 1 aliphatic rings. The summed E-state index contributed by atoms with van der Waals surface area (Å²) < 4.78 is 27.2. The van der Waals surface area contributed by atoms with Gasteiger partial charge in [0, 0.05) is 37.6 Å². The lowest BCUT2D eigenvalue weighted by Crippen LogP contribution is -2.48. The normalized spacial score (nSPS) is 17.7. The molecule has 0 bridgehead atoms. The van der Waals surface area contributed by atoms with E-state index in [1.165, 1.54) is 19.1 Å². The molecule has 0 aromatic heterocycles. The summed E-state index contributed by atoms with van der Waals surface area (Å²) in [6.07, 6.45) is 0.966. The van der Waals surface area contributed by atoms with Gasteiger partial charge in [0.2, 0.25) is 5.91 Å². The summed E-state index contributed by atoms with van der Waals surface area (Å²) in [5.41, 5.74) is 3.22. The van der Waals surface area contributed by atoms with Crippen LogP contribution < -0.4 is 10.6 Å². The minimum atomic E-state index is -1.01. The summed E-state index contributed by atoms with van der Waals surface area (Å²) in [5, 5.41) is 16.9. The van der Waals surface area contributed by atoms with Crippen molar-refractivity contribution in [1.29, 1.82) is 0 Å². The van der Waals surface area contributed by atoms with Gasteiger partial charge in [-0.3, -0.25) is 9.59 Å². The topological polar surface area (TPSA) is 78.4 Å². The van der Waals surface area contributed by atoms with Gasteiger partial charge in [-0.25, -0.2) is 8.78 Å². The SMILES string of the molecule is CC(=O)NC(Cc1cc(F)cc(F)c1)C(O)CNC1CCC(=O)c2ccc(CC(C)(C)C)cc21. The Labute approximate surface area is 200 Å². The number of benzene rings is 2. The van der Waals surface area contributed by atoms with E-state index in [0.29, 0.717) is 24.0 Å². The van der Waals surface area contributed by atoms with Crippen LogP contribution in [0.1, 0.15) is 73.6 Å². The average Bonchev–Trinajstić information content (AvgIpc) is 2.70. The van der Waals surface area contributed by atoms with E-state index in [1.807, 2.05) is 12.1 Å². The van der Waals surface area contributed by atoms with E-state index in [1.54, 1.807) is 0 Å². The van der Waals surface area contributed by atoms with Crippen molar-refractivity contribution < 1.29 is 23.5 Å². The first-order chi connectivity index (χ1) is 15.9. The molecular weight excluding hydrogens is 438 g/mol. The minimum absolute atomic E-state index is 0.0760. The third-order valence-corrected chi connectivity index (χ3v) is 5.99. The zero-order chi connectivity index (χ0) is 25.0. The maximum atomic E-state index is 13.6. The molecule has 0 saturated heterocycles. The van der Waals surface area contributed by atoms with Crippen LogP contribution in [-0.4, -0.2) is 35.5 Å². The number of carbonyl (C=O) groups is 2. The smallest absolute Gasteiger partial charge is 0.217 e. The predicted octanol–water partition coefficient (Wildman–Crippen LogP) is 4.27. The number of hydrogen-bond donors (Lipinski definition) is 3. The summed E-state index contributed by atoms with van der Waals surface area (Å²) in [4.78, 5) is 24.2. The highest BCUT2D eigenvalue weighted by Crippen LogP contribution is 2.32. The van der Waals surface area contributed by atoms with E-state index in [0.717, 1.165) is 23.6 Å². The van der Waals surface area contributed by atoms with Crippen LogP contribution in [0.15, 0.2) is 36.4 Å². The number of aliphatic hydroxyl groups excluding tert-OH is 1. The van der Waals surface area contributed by atoms with Crippen LogP contribution >= 0.6 is 0 Å². The Kier molecular flexibility index (Phi) is 8.21. The van der Waals surface area contributed by atoms with Gasteiger partial charge in [-0.1, -0.05) is 39.0 Å². The van der Waals surface area contributed by atoms with E-state index in [4.69, 9.17) is 0 Å². The number of Topliss-reactive ketones (excluding diaryl/α,β-unsaturated/α-hetero) is 1. The van der Waals surface area contributed by atoms with E-state index < -0.39 is 23.8 Å². The predicted molar refractivity (Wildman–Crippen MR) is 128 cm³/mol. The standard InChI is InChI=1S/C27H34F2N2O3/c1-16(32)31-24(12-18-9-19(28)13-20(29)10-18)26(34)15-30-23-7-8-25(33)21-6-5-17(11-22(21)23)14-27(2,3)4/h5-6,9-11,13,23-24,26,30,34H,7-8,12,14-15H2,1-4H3,(H,31,32). The van der Waals surface area contributed by atoms with E-state index in [-0.39, 0.29) is 36.1 Å². The van der Waals surface area contributed by atoms with Gasteiger partial charge in [-0.2, -0.15) is 0 Å². The number of nitrogens with one attached hydrogen (secondary N) is 2. The van der Waals surface area contributed by atoms with Gasteiger partial charge >= 0.3 is 0 Å². The number of rotatable bonds is 8. The summed E-state index contributed by atoms with van der Waals surface area (Å²) >= 11 is 0. The van der Waals surface area contributed by atoms with Gasteiger partial charge in [-0.05, 0) is 53.5 Å². The van der Waals surface area contributed by atoms with Crippen LogP contribution in [0, 0.1) is 17.0 Å². The molecule has 1 amide bonds. The fraction of sp³-hybridized carbons (Fsp3) is 0.481. The van der Waals surface area contributed by atoms with Crippen LogP contribution in [0.5, 0.6) is 0 Å². The molecule has 3 unspecified atom stereocenters. The average molecular weight is 473 g/mol. The zero-order valence-electron chi connectivity index (χ0n) is 20.3. The minimum Gasteiger partial charge on any atom is -0.390 e. The number of fused-ring (bicyclic) bond motifs is 1. The highest BCUT2D eigenvalue weighted by Gasteiger charge is 2.28. The number of hydrogen-bond acceptors (Lipinski definition) is 4. The number of carbonyl (C=O) groups excluding carboxylic acids is 2. The number of aliphatic hydroxyl groups is 1. The molecule has 184 valence electrons. The van der Waals surface area contributed by atoms with Crippen molar-refractivity contribution in [3.8, 4) is 0 Å². The van der Waals surface area contributed by atoms with E-state index >= 15 is 0 Å². The molecule has 5 nitrogen and oxygen atoms in total. The second-order valence-electron chi connectivity index (χ2n) is 10.4. The Bertz CT molecular complexity index is 1030. The maximum absolute atomic E-state index is 13.6. The van der Waals surface area contributed by atoms with E-state index in [2.05, 4.69) is 37.5 Å². The third-order valence-electron chi connectivity index (χ3n) is 5.99. The highest BCUT2D eigenvalue weighted by molar-refractivity contribution is 5.98. The molecule has 2 aromatic carbocycles. The summed E-state index contributed by atoms with van der Waals surface area (Å²) in [5.74, 6) is -1.65. The molecule has 0 aliphatic heterocycles. The van der Waals surface area contributed by atoms with Crippen molar-refractivity contribution in [2.24, 2.45) is 5.41 Å². The van der Waals surface area contributed by atoms with Crippen LogP contribution in [0.2, 0.25) is 0 Å². The summed E-state index contributed by atoms with van der Waals surface area (Å²) in [6.45, 7) is 7.96. The van der Waals surface area contributed by atoms with Gasteiger partial charge in [0.1, 0.15) is 11.6 Å². The number of halogens is 2. The molecular formula is C27H34F2N2O3. The van der Waals surface area contributed by atoms with Crippen LogP contribution in [0.4, 0.5) is 8.78 Å². The Morgan fingerprint density at radius 3 is 2.41 bits per heavy atom. The van der Waals surface area contributed by atoms with Crippen molar-refractivity contribution >= 4 is 11.7 Å². The second-order valence-corrected chi connectivity index (χ2v) is 10.4. The molecule has 0 saturated carbocycles.